The van der Waals surface area contributed by atoms with Crippen molar-refractivity contribution in [3.05, 3.63) is 62.2 Å². The third kappa shape index (κ3) is 9.72. The van der Waals surface area contributed by atoms with Crippen molar-refractivity contribution in [2.45, 2.75) is 67.5 Å². The first kappa shape index (κ1) is 45.6. The van der Waals surface area contributed by atoms with Gasteiger partial charge in [-0.2, -0.15) is 15.0 Å². The van der Waals surface area contributed by atoms with Crippen molar-refractivity contribution < 1.29 is 85.4 Å². The molecule has 0 spiro atoms. The second kappa shape index (κ2) is 17.3. The van der Waals surface area contributed by atoms with Crippen LogP contribution >= 0.6 is 23.5 Å². The Labute approximate surface area is 342 Å². The van der Waals surface area contributed by atoms with Gasteiger partial charge < -0.3 is 66.3 Å². The number of hydrogen-bond acceptors (Lipinski definition) is 24. The average Bonchev–Trinajstić information content (AvgIpc) is 3.90. The Bertz CT molecular complexity index is 2640. The molecule has 340 valence electrons. The number of ether oxygens (including phenoxy) is 3. The number of nitrogens with two attached hydrogens (primary N) is 3. The monoisotopic (exact) mass is 943 g/mol. The van der Waals surface area contributed by atoms with E-state index >= 15 is 0 Å². The number of phosphoric acid groups is 3. The Morgan fingerprint density at radius 2 is 1.24 bits per heavy atom. The molecule has 2 unspecified atom stereocenters. The quantitative estimate of drug-likeness (QED) is 0.0499. The van der Waals surface area contributed by atoms with Gasteiger partial charge in [-0.05, 0) is 12.1 Å². The summed E-state index contributed by atoms with van der Waals surface area (Å²) >= 11 is 0. The molecule has 3 aliphatic rings. The number of nitrogens with one attached hydrogen (secondary N) is 1. The van der Waals surface area contributed by atoms with Crippen LogP contribution in [0.5, 0.6) is 0 Å². The number of hydrogen-bond donors (Lipinski definition) is 11. The van der Waals surface area contributed by atoms with E-state index in [1.54, 1.807) is 0 Å². The van der Waals surface area contributed by atoms with Gasteiger partial charge in [0.2, 0.25) is 5.95 Å². The number of aromatic nitrogens is 8. The van der Waals surface area contributed by atoms with Crippen molar-refractivity contribution in [3.63, 3.8) is 0 Å². The zero-order chi connectivity index (χ0) is 45.1. The van der Waals surface area contributed by atoms with Crippen molar-refractivity contribution in [2.75, 3.05) is 37.0 Å². The first-order valence-corrected chi connectivity index (χ1v) is 22.0. The highest BCUT2D eigenvalue weighted by Crippen LogP contribution is 2.52. The predicted octanol–water partition coefficient (Wildman–Crippen LogP) is -4.73. The summed E-state index contributed by atoms with van der Waals surface area (Å²) < 4.78 is 82.7. The van der Waals surface area contributed by atoms with E-state index in [1.165, 1.54) is 6.07 Å². The van der Waals surface area contributed by atoms with Gasteiger partial charge in [0.05, 0.1) is 26.1 Å². The number of aliphatic hydroxyl groups excluding tert-OH is 3. The van der Waals surface area contributed by atoms with E-state index in [4.69, 9.17) is 49.5 Å². The van der Waals surface area contributed by atoms with Crippen molar-refractivity contribution in [2.24, 2.45) is 0 Å². The number of imidazole rings is 1. The highest BCUT2D eigenvalue weighted by Gasteiger charge is 2.53. The Morgan fingerprint density at radius 1 is 0.726 bits per heavy atom. The molecular weight excluding hydrogens is 907 g/mol. The van der Waals surface area contributed by atoms with Crippen LogP contribution in [-0.4, -0.2) is 142 Å². The Balaban J connectivity index is 1.09. The standard InChI is InChI=1S/C27H36N11O21P3/c28-12-1-3-36(26(43)32-12)22-15(39)9(5-52-22)57-61(48,49)53-7-11-19(17(41)24(56-11)38-8-31-14-20(38)34-25(30)35-21(14)42)59-62(50,51)54-6-10-18(58-60(45,46)47)16(40)23(55-10)37-4-2-13(29)33-27(37)44/h1-4,8-11,15-19,22-24,39-41H,5-7H2,(H,48,49)(H,50,51)(H2,28,32,43)(H2,29,33,44)(H2,45,46,47)(H3,30,34,35,42)/t9-,10-,11-,15-,16-,17-,18-,19-,22-,23-,24-/m1/s1. The molecule has 62 heavy (non-hydrogen) atoms. The Morgan fingerprint density at radius 3 is 1.79 bits per heavy atom. The second-order valence-corrected chi connectivity index (χ2v) is 17.5. The molecule has 32 nitrogen and oxygen atoms in total. The second-order valence-electron chi connectivity index (χ2n) is 13.5. The number of rotatable bonds is 15. The molecule has 3 fully saturated rings. The maximum atomic E-state index is 13.5. The molecule has 0 amide bonds. The lowest BCUT2D eigenvalue weighted by Crippen LogP contribution is -2.38. The third-order valence-electron chi connectivity index (χ3n) is 9.29. The van der Waals surface area contributed by atoms with E-state index in [-0.39, 0.29) is 22.8 Å². The molecule has 0 aliphatic carbocycles. The van der Waals surface area contributed by atoms with Crippen LogP contribution in [0.15, 0.2) is 45.2 Å². The minimum Gasteiger partial charge on any atom is -0.386 e. The molecule has 0 saturated carbocycles. The van der Waals surface area contributed by atoms with Crippen LogP contribution in [0.3, 0.4) is 0 Å². The van der Waals surface area contributed by atoms with E-state index in [1.807, 2.05) is 0 Å². The van der Waals surface area contributed by atoms with Crippen LogP contribution in [0.1, 0.15) is 18.7 Å². The SMILES string of the molecule is Nc1ccn([C@@H]2O[C@H](COP(=O)(O)O[C@H]3[C@@H](O)[C@H](n4cnc5c(=O)[nH]c(N)nc54)O[C@@H]3COP(=O)(O)O[C@@H]3CO[C@@H](n4ccc(N)nc4=O)[C@@H]3O)[C@@H](OP(=O)(O)O)[C@H]2O)c(=O)n1. The Hall–Kier alpha value is -4.40. The number of nitrogens with zero attached hydrogens (tertiary/aromatic N) is 7. The molecule has 7 rings (SSSR count). The van der Waals surface area contributed by atoms with Crippen LogP contribution in [-0.2, 0) is 50.5 Å². The maximum absolute atomic E-state index is 13.5. The molecule has 3 saturated heterocycles. The first-order valence-electron chi connectivity index (χ1n) is 17.4. The molecule has 14 N–H and O–H groups in total. The topological polar surface area (TPSA) is 478 Å². The van der Waals surface area contributed by atoms with Gasteiger partial charge in [0.1, 0.15) is 60.5 Å². The van der Waals surface area contributed by atoms with Crippen molar-refractivity contribution in [1.29, 1.82) is 0 Å². The lowest BCUT2D eigenvalue weighted by Gasteiger charge is -2.25. The maximum Gasteiger partial charge on any atom is 0.472 e. The molecule has 0 radical (unpaired) electrons. The van der Waals surface area contributed by atoms with E-state index in [0.29, 0.717) is 4.57 Å². The summed E-state index contributed by atoms with van der Waals surface area (Å²) in [6, 6.07) is 2.35. The number of aliphatic hydroxyl groups is 3. The molecular formula is C27H36N11O21P3. The summed E-state index contributed by atoms with van der Waals surface area (Å²) in [5.74, 6) is -0.752. The first-order chi connectivity index (χ1) is 29.0. The summed E-state index contributed by atoms with van der Waals surface area (Å²) in [5, 5.41) is 33.1. The number of nitrogen functional groups attached to an aromatic ring is 3. The van der Waals surface area contributed by atoms with Crippen molar-refractivity contribution in [3.8, 4) is 0 Å². The van der Waals surface area contributed by atoms with E-state index in [2.05, 4.69) is 29.4 Å². The van der Waals surface area contributed by atoms with Gasteiger partial charge in [-0.1, -0.05) is 0 Å². The molecule has 4 aromatic rings. The largest absolute Gasteiger partial charge is 0.472 e. The summed E-state index contributed by atoms with van der Waals surface area (Å²) in [6.45, 7) is -2.82. The van der Waals surface area contributed by atoms with E-state index in [9.17, 15) is 63.0 Å². The summed E-state index contributed by atoms with van der Waals surface area (Å²) in [5.41, 5.74) is 13.3. The van der Waals surface area contributed by atoms with Gasteiger partial charge >= 0.3 is 34.8 Å². The van der Waals surface area contributed by atoms with Crippen LogP contribution < -0.4 is 34.1 Å². The zero-order valence-electron chi connectivity index (χ0n) is 30.9. The fraction of sp³-hybridized carbons (Fsp3) is 0.519. The molecule has 3 aliphatic heterocycles. The van der Waals surface area contributed by atoms with Crippen LogP contribution in [0.4, 0.5) is 17.6 Å². The molecule has 0 bridgehead atoms. The molecule has 7 heterocycles. The smallest absolute Gasteiger partial charge is 0.386 e. The van der Waals surface area contributed by atoms with Gasteiger partial charge in [-0.25, -0.2) is 28.3 Å². The number of aromatic amines is 1. The van der Waals surface area contributed by atoms with Gasteiger partial charge in [0.15, 0.2) is 29.8 Å². The molecule has 4 aromatic heterocycles. The average molecular weight is 944 g/mol. The lowest BCUT2D eigenvalue weighted by molar-refractivity contribution is -0.0617. The van der Waals surface area contributed by atoms with E-state index < -0.39 is 134 Å². The van der Waals surface area contributed by atoms with Crippen LogP contribution in [0.2, 0.25) is 0 Å². The summed E-state index contributed by atoms with van der Waals surface area (Å²) in [7, 11) is -16.3. The fourth-order valence-corrected chi connectivity index (χ4v) is 9.05. The highest BCUT2D eigenvalue weighted by molar-refractivity contribution is 7.47. The normalized spacial score (nSPS) is 31.0. The zero-order valence-corrected chi connectivity index (χ0v) is 33.6. The third-order valence-corrected chi connectivity index (χ3v) is 11.8. The minimum absolute atomic E-state index is 0.132. The van der Waals surface area contributed by atoms with Gasteiger partial charge in [0.25, 0.3) is 5.56 Å². The van der Waals surface area contributed by atoms with Gasteiger partial charge in [-0.3, -0.25) is 46.1 Å². The molecule has 0 aromatic carbocycles. The Kier molecular flexibility index (Phi) is 12.7. The molecule has 35 heteroatoms. The number of fused-ring (bicyclic) bond motifs is 1. The lowest BCUT2D eigenvalue weighted by atomic mass is 10.1. The number of anilines is 3. The fourth-order valence-electron chi connectivity index (χ4n) is 6.59. The number of H-pyrrole nitrogens is 1. The summed E-state index contributed by atoms with van der Waals surface area (Å²) in [4.78, 5) is 94.8. The summed E-state index contributed by atoms with van der Waals surface area (Å²) in [6.07, 6.45) is -17.0. The number of phosphoric ester groups is 3. The van der Waals surface area contributed by atoms with Gasteiger partial charge in [0, 0.05) is 12.4 Å². The predicted molar refractivity (Wildman–Crippen MR) is 197 cm³/mol. The van der Waals surface area contributed by atoms with Crippen LogP contribution in [0.25, 0.3) is 11.2 Å². The molecule has 13 atom stereocenters. The van der Waals surface area contributed by atoms with Crippen molar-refractivity contribution >= 4 is 52.2 Å². The van der Waals surface area contributed by atoms with Gasteiger partial charge in [-0.15, -0.1) is 0 Å². The highest BCUT2D eigenvalue weighted by atomic mass is 31.2. The van der Waals surface area contributed by atoms with Crippen LogP contribution in [0, 0.1) is 0 Å². The van der Waals surface area contributed by atoms with E-state index in [0.717, 1.165) is 33.9 Å². The van der Waals surface area contributed by atoms with Crippen molar-refractivity contribution in [1.82, 2.24) is 38.6 Å². The minimum atomic E-state index is -5.55.